The molecule has 2 heterocycles. The minimum Gasteiger partial charge on any atom is -0.465 e. The zero-order valence-electron chi connectivity index (χ0n) is 12.9. The third-order valence-electron chi connectivity index (χ3n) is 4.02. The Labute approximate surface area is 121 Å². The van der Waals surface area contributed by atoms with E-state index in [0.29, 0.717) is 19.8 Å². The Morgan fingerprint density at radius 2 is 1.75 bits per heavy atom. The summed E-state index contributed by atoms with van der Waals surface area (Å²) in [5.74, 6) is -0.815. The number of carbonyl (C=O) groups excluding carboxylic acids is 1. The zero-order valence-corrected chi connectivity index (χ0v) is 12.9. The first kappa shape index (κ1) is 15.7. The molecule has 2 fully saturated rings. The highest BCUT2D eigenvalue weighted by molar-refractivity contribution is 5.76. The van der Waals surface area contributed by atoms with E-state index in [9.17, 15) is 4.79 Å². The Bertz CT molecular complexity index is 327. The second kappa shape index (κ2) is 6.41. The molecule has 2 saturated heterocycles. The number of hydrogen-bond acceptors (Lipinski definition) is 5. The van der Waals surface area contributed by atoms with E-state index >= 15 is 0 Å². The molecule has 0 saturated carbocycles. The molecule has 2 aliphatic rings. The SMILES string of the molecule is CC1(C)OCC(C)(C(=O)OCCCN2CCCC2)CO1. The third-order valence-corrected chi connectivity index (χ3v) is 4.02. The molecule has 2 aliphatic heterocycles. The highest BCUT2D eigenvalue weighted by atomic mass is 16.7. The van der Waals surface area contributed by atoms with Gasteiger partial charge in [-0.15, -0.1) is 0 Å². The van der Waals surface area contributed by atoms with Crippen LogP contribution < -0.4 is 0 Å². The molecule has 0 bridgehead atoms. The van der Waals surface area contributed by atoms with Crippen molar-refractivity contribution < 1.29 is 19.0 Å². The largest absolute Gasteiger partial charge is 0.465 e. The highest BCUT2D eigenvalue weighted by Crippen LogP contribution is 2.30. The van der Waals surface area contributed by atoms with Gasteiger partial charge < -0.3 is 19.1 Å². The molecule has 5 heteroatoms. The van der Waals surface area contributed by atoms with Gasteiger partial charge in [0, 0.05) is 6.54 Å². The number of likely N-dealkylation sites (tertiary alicyclic amines) is 1. The number of ether oxygens (including phenoxy) is 3. The fraction of sp³-hybridized carbons (Fsp3) is 0.933. The summed E-state index contributed by atoms with van der Waals surface area (Å²) in [5, 5.41) is 0. The molecule has 0 aromatic rings. The van der Waals surface area contributed by atoms with Gasteiger partial charge in [-0.2, -0.15) is 0 Å². The zero-order chi connectivity index (χ0) is 14.6. The van der Waals surface area contributed by atoms with Crippen LogP contribution in [-0.2, 0) is 19.0 Å². The van der Waals surface area contributed by atoms with Crippen molar-refractivity contribution in [2.75, 3.05) is 39.5 Å². The van der Waals surface area contributed by atoms with Gasteiger partial charge >= 0.3 is 5.97 Å². The minimum absolute atomic E-state index is 0.213. The topological polar surface area (TPSA) is 48.0 Å². The Morgan fingerprint density at radius 3 is 2.35 bits per heavy atom. The van der Waals surface area contributed by atoms with Crippen LogP contribution in [0.3, 0.4) is 0 Å². The lowest BCUT2D eigenvalue weighted by Crippen LogP contribution is -2.49. The van der Waals surface area contributed by atoms with Crippen molar-refractivity contribution in [3.63, 3.8) is 0 Å². The van der Waals surface area contributed by atoms with E-state index in [1.54, 1.807) is 0 Å². The van der Waals surface area contributed by atoms with Crippen molar-refractivity contribution in [3.8, 4) is 0 Å². The standard InChI is InChI=1S/C15H27NO4/c1-14(2)19-11-15(3,12-20-14)13(17)18-10-6-9-16-7-4-5-8-16/h4-12H2,1-3H3. The average Bonchev–Trinajstić information content (AvgIpc) is 2.91. The van der Waals surface area contributed by atoms with Crippen LogP contribution in [0.2, 0.25) is 0 Å². The summed E-state index contributed by atoms with van der Waals surface area (Å²) in [6, 6.07) is 0. The van der Waals surface area contributed by atoms with Crippen molar-refractivity contribution in [3.05, 3.63) is 0 Å². The van der Waals surface area contributed by atoms with Crippen molar-refractivity contribution in [1.29, 1.82) is 0 Å². The van der Waals surface area contributed by atoms with Gasteiger partial charge in [-0.3, -0.25) is 4.79 Å². The maximum atomic E-state index is 12.1. The fourth-order valence-electron chi connectivity index (χ4n) is 2.50. The average molecular weight is 285 g/mol. The fourth-order valence-corrected chi connectivity index (χ4v) is 2.50. The Morgan fingerprint density at radius 1 is 1.15 bits per heavy atom. The van der Waals surface area contributed by atoms with Gasteiger partial charge in [0.05, 0.1) is 19.8 Å². The van der Waals surface area contributed by atoms with Crippen molar-refractivity contribution in [2.45, 2.75) is 45.8 Å². The normalized spacial score (nSPS) is 25.6. The molecular weight excluding hydrogens is 258 g/mol. The third kappa shape index (κ3) is 4.17. The molecule has 0 aromatic heterocycles. The summed E-state index contributed by atoms with van der Waals surface area (Å²) in [7, 11) is 0. The molecule has 0 aliphatic carbocycles. The first-order valence-electron chi connectivity index (χ1n) is 7.59. The van der Waals surface area contributed by atoms with Gasteiger partial charge in [0.1, 0.15) is 5.41 Å². The maximum absolute atomic E-state index is 12.1. The van der Waals surface area contributed by atoms with E-state index in [1.807, 2.05) is 20.8 Å². The monoisotopic (exact) mass is 285 g/mol. The summed E-state index contributed by atoms with van der Waals surface area (Å²) < 4.78 is 16.5. The minimum atomic E-state index is -0.677. The molecule has 0 aromatic carbocycles. The van der Waals surface area contributed by atoms with Crippen LogP contribution in [0.5, 0.6) is 0 Å². The van der Waals surface area contributed by atoms with Crippen LogP contribution in [0, 0.1) is 5.41 Å². The molecule has 0 N–H and O–H groups in total. The summed E-state index contributed by atoms with van der Waals surface area (Å²) >= 11 is 0. The van der Waals surface area contributed by atoms with Gasteiger partial charge in [0.25, 0.3) is 0 Å². The Hall–Kier alpha value is -0.650. The predicted octanol–water partition coefficient (Wildman–Crippen LogP) is 1.80. The van der Waals surface area contributed by atoms with Crippen molar-refractivity contribution in [1.82, 2.24) is 4.90 Å². The molecule has 0 unspecified atom stereocenters. The molecule has 0 amide bonds. The lowest BCUT2D eigenvalue weighted by atomic mass is 9.92. The van der Waals surface area contributed by atoms with Gasteiger partial charge in [-0.05, 0) is 53.1 Å². The van der Waals surface area contributed by atoms with Gasteiger partial charge in [-0.25, -0.2) is 0 Å². The van der Waals surface area contributed by atoms with Crippen LogP contribution in [0.25, 0.3) is 0 Å². The molecule has 0 atom stereocenters. The van der Waals surface area contributed by atoms with Gasteiger partial charge in [-0.1, -0.05) is 0 Å². The molecule has 20 heavy (non-hydrogen) atoms. The van der Waals surface area contributed by atoms with E-state index in [0.717, 1.165) is 13.0 Å². The second-order valence-electron chi connectivity index (χ2n) is 6.58. The number of hydrogen-bond donors (Lipinski definition) is 0. The van der Waals surface area contributed by atoms with Crippen LogP contribution in [0.1, 0.15) is 40.0 Å². The first-order chi connectivity index (χ1) is 9.41. The lowest BCUT2D eigenvalue weighted by molar-refractivity contribution is -0.281. The van der Waals surface area contributed by atoms with Crippen LogP contribution in [-0.4, -0.2) is 56.1 Å². The number of esters is 1. The number of nitrogens with zero attached hydrogens (tertiary/aromatic N) is 1. The van der Waals surface area contributed by atoms with E-state index in [2.05, 4.69) is 4.90 Å². The van der Waals surface area contributed by atoms with E-state index in [-0.39, 0.29) is 5.97 Å². The lowest BCUT2D eigenvalue weighted by Gasteiger charge is -2.39. The van der Waals surface area contributed by atoms with E-state index in [4.69, 9.17) is 14.2 Å². The first-order valence-corrected chi connectivity index (χ1v) is 7.59. The summed E-state index contributed by atoms with van der Waals surface area (Å²) in [6.07, 6.45) is 3.49. The van der Waals surface area contributed by atoms with Gasteiger partial charge in [0.15, 0.2) is 5.79 Å². The number of carbonyl (C=O) groups is 1. The smallest absolute Gasteiger partial charge is 0.316 e. The van der Waals surface area contributed by atoms with Crippen LogP contribution in [0.15, 0.2) is 0 Å². The molecule has 116 valence electrons. The molecular formula is C15H27NO4. The highest BCUT2D eigenvalue weighted by Gasteiger charge is 2.43. The molecule has 5 nitrogen and oxygen atoms in total. The molecule has 0 spiro atoms. The van der Waals surface area contributed by atoms with Crippen molar-refractivity contribution >= 4 is 5.97 Å². The maximum Gasteiger partial charge on any atom is 0.316 e. The summed E-state index contributed by atoms with van der Waals surface area (Å²) in [4.78, 5) is 14.6. The Balaban J connectivity index is 1.66. The van der Waals surface area contributed by atoms with Crippen molar-refractivity contribution in [2.24, 2.45) is 5.41 Å². The predicted molar refractivity (Wildman–Crippen MR) is 75.3 cm³/mol. The summed E-state index contributed by atoms with van der Waals surface area (Å²) in [5.41, 5.74) is -0.677. The summed E-state index contributed by atoms with van der Waals surface area (Å²) in [6.45, 7) is 10.1. The quantitative estimate of drug-likeness (QED) is 0.569. The van der Waals surface area contributed by atoms with E-state index in [1.165, 1.54) is 25.9 Å². The molecule has 0 radical (unpaired) electrons. The van der Waals surface area contributed by atoms with Gasteiger partial charge in [0.2, 0.25) is 0 Å². The van der Waals surface area contributed by atoms with Crippen LogP contribution >= 0.6 is 0 Å². The van der Waals surface area contributed by atoms with E-state index < -0.39 is 11.2 Å². The second-order valence-corrected chi connectivity index (χ2v) is 6.58. The van der Waals surface area contributed by atoms with Crippen LogP contribution in [0.4, 0.5) is 0 Å². The molecule has 2 rings (SSSR count). The Kier molecular flexibility index (Phi) is 5.04. The number of rotatable bonds is 5.